The average molecular weight is 315 g/mol. The van der Waals surface area contributed by atoms with E-state index in [4.69, 9.17) is 0 Å². The molecule has 0 saturated heterocycles. The molecule has 0 atom stereocenters. The Morgan fingerprint density at radius 2 is 2.13 bits per heavy atom. The first-order valence-corrected chi connectivity index (χ1v) is 5.08. The molecule has 2 aromatic heterocycles. The quantitative estimate of drug-likeness (QED) is 0.792. The second-order valence-corrected chi connectivity index (χ2v) is 3.87. The molecule has 0 aliphatic rings. The molecule has 1 N–H and O–H groups in total. The lowest BCUT2D eigenvalue weighted by Gasteiger charge is -1.99. The number of nitrogens with one attached hydrogen (secondary N) is 1. The van der Waals surface area contributed by atoms with Gasteiger partial charge in [-0.05, 0) is 12.1 Å². The number of halogens is 1. The van der Waals surface area contributed by atoms with Gasteiger partial charge in [0.15, 0.2) is 0 Å². The van der Waals surface area contributed by atoms with Gasteiger partial charge in [0.25, 0.3) is 5.56 Å². The third-order valence-electron chi connectivity index (χ3n) is 1.84. The lowest BCUT2D eigenvalue weighted by atomic mass is 10.2. The fraction of sp³-hybridized carbons (Fsp3) is 0. The predicted molar refractivity (Wildman–Crippen MR) is 64.0 cm³/mol. The van der Waals surface area contributed by atoms with Gasteiger partial charge in [-0.25, -0.2) is 7.58 Å². The fourth-order valence-electron chi connectivity index (χ4n) is 1.15. The van der Waals surface area contributed by atoms with Crippen molar-refractivity contribution in [2.45, 2.75) is 0 Å². The molecule has 2 heterocycles. The third kappa shape index (κ3) is 1.99. The molecule has 0 aliphatic heterocycles. The van der Waals surface area contributed by atoms with Gasteiger partial charge in [0.05, 0.1) is 34.1 Å². The molecule has 2 rings (SSSR count). The van der Waals surface area contributed by atoms with Gasteiger partial charge in [-0.15, -0.1) is 0 Å². The molecule has 0 fully saturated rings. The summed E-state index contributed by atoms with van der Waals surface area (Å²) in [5.41, 5.74) is 0.0562. The van der Waals surface area contributed by atoms with E-state index >= 15 is 0 Å². The van der Waals surface area contributed by atoms with Crippen LogP contribution < -0.4 is 11.2 Å². The highest BCUT2D eigenvalue weighted by molar-refractivity contribution is 14.1. The number of nitrogens with zero attached hydrogens (tertiary/aromatic N) is 2. The number of aromatic nitrogens is 3. The summed E-state index contributed by atoms with van der Waals surface area (Å²) in [7, 11) is 0. The zero-order chi connectivity index (χ0) is 10.8. The van der Waals surface area contributed by atoms with Crippen molar-refractivity contribution in [3.05, 3.63) is 51.4 Å². The normalized spacial score (nSPS) is 10.2. The van der Waals surface area contributed by atoms with Crippen molar-refractivity contribution in [2.75, 3.05) is 0 Å². The van der Waals surface area contributed by atoms with Crippen LogP contribution in [0.3, 0.4) is 0 Å². The van der Waals surface area contributed by atoms with Crippen LogP contribution in [-0.2, 0) is 0 Å². The molecule has 6 heteroatoms. The predicted octanol–water partition coefficient (Wildman–Crippen LogP) is 0.797. The third-order valence-corrected chi connectivity index (χ3v) is 2.56. The first-order valence-electron chi connectivity index (χ1n) is 4.12. The van der Waals surface area contributed by atoms with Crippen molar-refractivity contribution in [1.29, 1.82) is 0 Å². The van der Waals surface area contributed by atoms with Gasteiger partial charge >= 0.3 is 5.69 Å². The Labute approximate surface area is 98.3 Å². The standard InChI is InChI=1S/C9H6IN3O2/c10-13-5-6(8(14)12-9(13)15)7-3-1-2-4-11-7/h1-5H,(H,12,14,15). The van der Waals surface area contributed by atoms with Crippen molar-refractivity contribution in [3.8, 4) is 11.3 Å². The molecule has 0 spiro atoms. The van der Waals surface area contributed by atoms with E-state index in [1.165, 1.54) is 8.98 Å². The van der Waals surface area contributed by atoms with Crippen molar-refractivity contribution >= 4 is 22.9 Å². The minimum atomic E-state index is -0.444. The highest BCUT2D eigenvalue weighted by Gasteiger charge is 2.06. The molecule has 0 amide bonds. The Balaban J connectivity index is 2.70. The van der Waals surface area contributed by atoms with E-state index in [0.717, 1.165) is 0 Å². The van der Waals surface area contributed by atoms with Crippen molar-refractivity contribution in [1.82, 2.24) is 12.7 Å². The van der Waals surface area contributed by atoms with E-state index in [2.05, 4.69) is 9.97 Å². The van der Waals surface area contributed by atoms with Crippen LogP contribution in [0.15, 0.2) is 40.2 Å². The summed E-state index contributed by atoms with van der Waals surface area (Å²) in [5, 5.41) is 0. The second-order valence-electron chi connectivity index (χ2n) is 2.83. The number of aromatic amines is 1. The first-order chi connectivity index (χ1) is 7.18. The number of rotatable bonds is 1. The van der Waals surface area contributed by atoms with Gasteiger partial charge in [-0.2, -0.15) is 0 Å². The van der Waals surface area contributed by atoms with Gasteiger partial charge in [-0.1, -0.05) is 6.07 Å². The molecule has 0 aliphatic carbocycles. The van der Waals surface area contributed by atoms with E-state index < -0.39 is 11.2 Å². The molecule has 0 saturated carbocycles. The van der Waals surface area contributed by atoms with Gasteiger partial charge in [-0.3, -0.25) is 14.8 Å². The fourth-order valence-corrected chi connectivity index (χ4v) is 1.55. The summed E-state index contributed by atoms with van der Waals surface area (Å²) in [4.78, 5) is 28.8. The SMILES string of the molecule is O=c1[nH]c(=O)n(I)cc1-c1ccccn1. The van der Waals surface area contributed by atoms with Crippen molar-refractivity contribution < 1.29 is 0 Å². The van der Waals surface area contributed by atoms with E-state index in [1.54, 1.807) is 47.3 Å². The Morgan fingerprint density at radius 1 is 1.33 bits per heavy atom. The average Bonchev–Trinajstić information content (AvgIpc) is 2.25. The lowest BCUT2D eigenvalue weighted by Crippen LogP contribution is -2.26. The molecule has 0 radical (unpaired) electrons. The molecule has 0 unspecified atom stereocenters. The molecule has 5 nitrogen and oxygen atoms in total. The monoisotopic (exact) mass is 315 g/mol. The van der Waals surface area contributed by atoms with Crippen LogP contribution in [0.25, 0.3) is 11.3 Å². The maximum atomic E-state index is 11.5. The van der Waals surface area contributed by atoms with E-state index in [0.29, 0.717) is 11.3 Å². The summed E-state index contributed by atoms with van der Waals surface area (Å²) < 4.78 is 1.28. The summed E-state index contributed by atoms with van der Waals surface area (Å²) in [6, 6.07) is 5.26. The van der Waals surface area contributed by atoms with E-state index in [-0.39, 0.29) is 0 Å². The van der Waals surface area contributed by atoms with Crippen LogP contribution in [0.5, 0.6) is 0 Å². The largest absolute Gasteiger partial charge is 0.337 e. The Morgan fingerprint density at radius 3 is 2.80 bits per heavy atom. The zero-order valence-electron chi connectivity index (χ0n) is 7.48. The molecule has 2 aromatic rings. The van der Waals surface area contributed by atoms with E-state index in [1.807, 2.05) is 0 Å². The topological polar surface area (TPSA) is 67.8 Å². The van der Waals surface area contributed by atoms with Crippen LogP contribution in [-0.4, -0.2) is 12.7 Å². The summed E-state index contributed by atoms with van der Waals surface area (Å²) >= 11 is 1.80. The maximum absolute atomic E-state index is 11.5. The minimum Gasteiger partial charge on any atom is -0.273 e. The van der Waals surface area contributed by atoms with Crippen LogP contribution in [0.1, 0.15) is 0 Å². The molecule has 76 valence electrons. The number of H-pyrrole nitrogens is 1. The summed E-state index contributed by atoms with van der Waals surface area (Å²) in [6.07, 6.45) is 3.06. The molecule has 15 heavy (non-hydrogen) atoms. The number of pyridine rings is 1. The van der Waals surface area contributed by atoms with Crippen LogP contribution in [0.2, 0.25) is 0 Å². The van der Waals surface area contributed by atoms with Crippen LogP contribution in [0.4, 0.5) is 0 Å². The Kier molecular flexibility index (Phi) is 2.67. The Hall–Kier alpha value is -1.44. The van der Waals surface area contributed by atoms with Crippen molar-refractivity contribution in [3.63, 3.8) is 0 Å². The summed E-state index contributed by atoms with van der Waals surface area (Å²) in [5.74, 6) is 0. The Bertz CT molecular complexity index is 588. The van der Waals surface area contributed by atoms with E-state index in [9.17, 15) is 9.59 Å². The second kappa shape index (κ2) is 3.97. The van der Waals surface area contributed by atoms with Gasteiger partial charge in [0.1, 0.15) is 0 Å². The minimum absolute atomic E-state index is 0.379. The smallest absolute Gasteiger partial charge is 0.273 e. The molecular formula is C9H6IN3O2. The van der Waals surface area contributed by atoms with Gasteiger partial charge in [0.2, 0.25) is 0 Å². The number of hydrogen-bond donors (Lipinski definition) is 1. The van der Waals surface area contributed by atoms with Crippen LogP contribution >= 0.6 is 22.9 Å². The zero-order valence-corrected chi connectivity index (χ0v) is 9.63. The maximum Gasteiger partial charge on any atom is 0.337 e. The highest BCUT2D eigenvalue weighted by atomic mass is 127. The number of hydrogen-bond acceptors (Lipinski definition) is 3. The van der Waals surface area contributed by atoms with Crippen molar-refractivity contribution in [2.24, 2.45) is 0 Å². The first kappa shape index (κ1) is 10.1. The van der Waals surface area contributed by atoms with Gasteiger partial charge < -0.3 is 0 Å². The van der Waals surface area contributed by atoms with Gasteiger partial charge in [0, 0.05) is 12.4 Å². The highest BCUT2D eigenvalue weighted by Crippen LogP contribution is 2.09. The lowest BCUT2D eigenvalue weighted by molar-refractivity contribution is 1.02. The molecular weight excluding hydrogens is 309 g/mol. The summed E-state index contributed by atoms with van der Waals surface area (Å²) in [6.45, 7) is 0. The van der Waals surface area contributed by atoms with Crippen LogP contribution in [0, 0.1) is 0 Å². The molecule has 0 aromatic carbocycles. The molecule has 0 bridgehead atoms.